The van der Waals surface area contributed by atoms with E-state index in [0.29, 0.717) is 11.8 Å². The maximum absolute atomic E-state index is 12.4. The van der Waals surface area contributed by atoms with Crippen molar-refractivity contribution in [3.05, 3.63) is 35.9 Å². The second-order valence-electron chi connectivity index (χ2n) is 9.07. The van der Waals surface area contributed by atoms with Crippen LogP contribution in [-0.4, -0.2) is 32.2 Å². The van der Waals surface area contributed by atoms with Gasteiger partial charge in [-0.2, -0.15) is 0 Å². The third-order valence-corrected chi connectivity index (χ3v) is 8.30. The van der Waals surface area contributed by atoms with Gasteiger partial charge in [-0.1, -0.05) is 18.6 Å². The first kappa shape index (κ1) is 17.3. The van der Waals surface area contributed by atoms with Gasteiger partial charge in [0, 0.05) is 18.1 Å². The summed E-state index contributed by atoms with van der Waals surface area (Å²) in [5.74, 6) is 2.66. The van der Waals surface area contributed by atoms with Gasteiger partial charge in [-0.05, 0) is 56.1 Å². The van der Waals surface area contributed by atoms with Crippen molar-refractivity contribution in [2.75, 3.05) is 14.2 Å². The van der Waals surface area contributed by atoms with Crippen molar-refractivity contribution in [1.82, 2.24) is 0 Å². The predicted molar refractivity (Wildman–Crippen MR) is 102 cm³/mol. The van der Waals surface area contributed by atoms with E-state index < -0.39 is 11.0 Å². The molecule has 6 atom stereocenters. The van der Waals surface area contributed by atoms with Crippen LogP contribution in [0.1, 0.15) is 43.7 Å². The summed E-state index contributed by atoms with van der Waals surface area (Å²) in [6, 6.07) is 4.25. The van der Waals surface area contributed by atoms with Gasteiger partial charge in [0.05, 0.1) is 12.5 Å². The summed E-state index contributed by atoms with van der Waals surface area (Å²) >= 11 is 0. The molecule has 2 bridgehead atoms. The highest BCUT2D eigenvalue weighted by Gasteiger charge is 2.73. The Hall–Kier alpha value is -1.81. The summed E-state index contributed by atoms with van der Waals surface area (Å²) in [6.07, 6.45) is 8.02. The second-order valence-corrected chi connectivity index (χ2v) is 9.07. The lowest BCUT2D eigenvalue weighted by Crippen LogP contribution is -2.72. The van der Waals surface area contributed by atoms with Crippen LogP contribution >= 0.6 is 0 Å². The van der Waals surface area contributed by atoms with Crippen LogP contribution in [0.2, 0.25) is 0 Å². The van der Waals surface area contributed by atoms with Crippen LogP contribution in [0.5, 0.6) is 11.5 Å². The highest BCUT2D eigenvalue weighted by Crippen LogP contribution is 2.70. The molecule has 4 heteroatoms. The molecule has 6 unspecified atom stereocenters. The van der Waals surface area contributed by atoms with Crippen LogP contribution in [-0.2, 0) is 21.4 Å². The predicted octanol–water partition coefficient (Wildman–Crippen LogP) is 3.85. The smallest absolute Gasteiger partial charge is 0.165 e. The molecule has 3 aliphatic carbocycles. The standard InChI is InChI=1S/C23H28O4/c1-5-23(26-4)20-22-10-6-7-14(16(22)12-21(23,2)13-24)11-15-8-9-17(25-3)19(27-20)18(15)22/h5,8-9,13-14,16,20H,1,6-7,10-12H2,2-4H3. The van der Waals surface area contributed by atoms with Gasteiger partial charge in [-0.25, -0.2) is 0 Å². The zero-order valence-electron chi connectivity index (χ0n) is 16.4. The Labute approximate surface area is 160 Å². The summed E-state index contributed by atoms with van der Waals surface area (Å²) in [7, 11) is 3.38. The lowest BCUT2D eigenvalue weighted by Gasteiger charge is -2.63. The average Bonchev–Trinajstić information content (AvgIpc) is 3.02. The SMILES string of the molecule is C=CC1(OC)C2Oc3c(OC)ccc4c3C23CCCC(C4)C3CC1(C)C=O. The van der Waals surface area contributed by atoms with Crippen LogP contribution in [0.4, 0.5) is 0 Å². The first-order valence-electron chi connectivity index (χ1n) is 10.0. The quantitative estimate of drug-likeness (QED) is 0.598. The molecule has 0 aromatic heterocycles. The zero-order valence-corrected chi connectivity index (χ0v) is 16.4. The third kappa shape index (κ3) is 1.72. The van der Waals surface area contributed by atoms with Gasteiger partial charge in [0.25, 0.3) is 0 Å². The van der Waals surface area contributed by atoms with E-state index in [9.17, 15) is 4.79 Å². The molecule has 27 heavy (non-hydrogen) atoms. The van der Waals surface area contributed by atoms with Gasteiger partial charge in [-0.3, -0.25) is 0 Å². The number of benzene rings is 1. The van der Waals surface area contributed by atoms with E-state index in [1.165, 1.54) is 24.0 Å². The van der Waals surface area contributed by atoms with Crippen molar-refractivity contribution in [3.63, 3.8) is 0 Å². The molecular weight excluding hydrogens is 340 g/mol. The molecule has 5 rings (SSSR count). The Bertz CT molecular complexity index is 832. The zero-order chi connectivity index (χ0) is 19.0. The molecule has 4 nitrogen and oxygen atoms in total. The van der Waals surface area contributed by atoms with Crippen LogP contribution in [0.15, 0.2) is 24.8 Å². The van der Waals surface area contributed by atoms with E-state index in [1.54, 1.807) is 14.2 Å². The number of carbonyl (C=O) groups excluding carboxylic acids is 1. The van der Waals surface area contributed by atoms with Gasteiger partial charge < -0.3 is 19.0 Å². The van der Waals surface area contributed by atoms with E-state index in [4.69, 9.17) is 14.2 Å². The summed E-state index contributed by atoms with van der Waals surface area (Å²) < 4.78 is 18.5. The van der Waals surface area contributed by atoms with E-state index in [0.717, 1.165) is 37.0 Å². The summed E-state index contributed by atoms with van der Waals surface area (Å²) in [5, 5.41) is 0. The summed E-state index contributed by atoms with van der Waals surface area (Å²) in [6.45, 7) is 6.13. The maximum atomic E-state index is 12.4. The van der Waals surface area contributed by atoms with Gasteiger partial charge in [-0.15, -0.1) is 6.58 Å². The van der Waals surface area contributed by atoms with Crippen LogP contribution in [0, 0.1) is 17.3 Å². The van der Waals surface area contributed by atoms with Crippen molar-refractivity contribution in [1.29, 1.82) is 0 Å². The molecule has 1 aromatic carbocycles. The molecule has 1 aliphatic heterocycles. The van der Waals surface area contributed by atoms with E-state index >= 15 is 0 Å². The molecule has 0 N–H and O–H groups in total. The fourth-order valence-electron chi connectivity index (χ4n) is 7.18. The minimum Gasteiger partial charge on any atom is -0.493 e. The Kier molecular flexibility index (Phi) is 3.44. The van der Waals surface area contributed by atoms with Crippen molar-refractivity contribution in [3.8, 4) is 11.5 Å². The Morgan fingerprint density at radius 2 is 2.15 bits per heavy atom. The number of methoxy groups -OCH3 is 2. The first-order chi connectivity index (χ1) is 13.0. The molecule has 1 heterocycles. The number of hydrogen-bond acceptors (Lipinski definition) is 4. The number of carbonyl (C=O) groups is 1. The van der Waals surface area contributed by atoms with Gasteiger partial charge in [0.15, 0.2) is 11.5 Å². The number of rotatable bonds is 4. The minimum atomic E-state index is -0.855. The molecule has 1 aromatic rings. The Morgan fingerprint density at radius 1 is 1.33 bits per heavy atom. The molecule has 0 radical (unpaired) electrons. The fourth-order valence-corrected chi connectivity index (χ4v) is 7.18. The molecule has 0 amide bonds. The van der Waals surface area contributed by atoms with Crippen molar-refractivity contribution < 1.29 is 19.0 Å². The summed E-state index contributed by atoms with van der Waals surface area (Å²) in [5.41, 5.74) is 1.07. The second kappa shape index (κ2) is 5.38. The van der Waals surface area contributed by atoms with Crippen molar-refractivity contribution >= 4 is 6.29 Å². The number of hydrogen-bond donors (Lipinski definition) is 0. The normalized spacial score (nSPS) is 43.4. The largest absolute Gasteiger partial charge is 0.493 e. The molecule has 0 saturated heterocycles. The lowest BCUT2D eigenvalue weighted by molar-refractivity contribution is -0.202. The molecule has 2 saturated carbocycles. The highest BCUT2D eigenvalue weighted by atomic mass is 16.6. The summed E-state index contributed by atoms with van der Waals surface area (Å²) in [4.78, 5) is 12.4. The molecule has 4 aliphatic rings. The fraction of sp³-hybridized carbons (Fsp3) is 0.609. The monoisotopic (exact) mass is 368 g/mol. The van der Waals surface area contributed by atoms with Crippen LogP contribution in [0.3, 0.4) is 0 Å². The molecule has 144 valence electrons. The number of ether oxygens (including phenoxy) is 3. The number of aldehydes is 1. The van der Waals surface area contributed by atoms with Crippen LogP contribution < -0.4 is 9.47 Å². The van der Waals surface area contributed by atoms with Gasteiger partial charge >= 0.3 is 0 Å². The van der Waals surface area contributed by atoms with Crippen molar-refractivity contribution in [2.45, 2.75) is 56.1 Å². The lowest BCUT2D eigenvalue weighted by atomic mass is 9.41. The Morgan fingerprint density at radius 3 is 2.81 bits per heavy atom. The highest BCUT2D eigenvalue weighted by molar-refractivity contribution is 5.68. The third-order valence-electron chi connectivity index (χ3n) is 8.30. The first-order valence-corrected chi connectivity index (χ1v) is 10.0. The van der Waals surface area contributed by atoms with E-state index in [-0.39, 0.29) is 11.5 Å². The van der Waals surface area contributed by atoms with Gasteiger partial charge in [0.1, 0.15) is 18.0 Å². The maximum Gasteiger partial charge on any atom is 0.165 e. The minimum absolute atomic E-state index is 0.118. The van der Waals surface area contributed by atoms with Crippen molar-refractivity contribution in [2.24, 2.45) is 17.3 Å². The van der Waals surface area contributed by atoms with Gasteiger partial charge in [0.2, 0.25) is 0 Å². The topological polar surface area (TPSA) is 44.8 Å². The average molecular weight is 368 g/mol. The molecular formula is C23H28O4. The Balaban J connectivity index is 1.84. The molecule has 2 fully saturated rings. The molecule has 1 spiro atoms. The van der Waals surface area contributed by atoms with E-state index in [2.05, 4.69) is 12.6 Å². The van der Waals surface area contributed by atoms with E-state index in [1.807, 2.05) is 19.1 Å². The van der Waals surface area contributed by atoms with Crippen LogP contribution in [0.25, 0.3) is 0 Å².